The number of hydrogen-bond donors (Lipinski definition) is 2. The highest BCUT2D eigenvalue weighted by molar-refractivity contribution is 6.79. The Hall–Kier alpha value is -0.843. The van der Waals surface area contributed by atoms with Crippen molar-refractivity contribution in [3.8, 4) is 0 Å². The molecule has 2 heterocycles. The van der Waals surface area contributed by atoms with Gasteiger partial charge in [0.15, 0.2) is 0 Å². The number of urea groups is 1. The summed E-state index contributed by atoms with van der Waals surface area (Å²) in [7, 11) is -1.25. The minimum Gasteiger partial charge on any atom is -0.326 e. The molecule has 0 spiro atoms. The fourth-order valence-electron chi connectivity index (χ4n) is 2.70. The molecular formula is C10H18N2O2Si. The van der Waals surface area contributed by atoms with Gasteiger partial charge in [0.2, 0.25) is 5.91 Å². The lowest BCUT2D eigenvalue weighted by Gasteiger charge is -2.32. The molecule has 2 saturated heterocycles. The normalized spacial score (nSPS) is 29.8. The Labute approximate surface area is 90.8 Å². The fourth-order valence-corrected chi connectivity index (χ4v) is 6.84. The standard InChI is InChI=1S/C10H18N2O2Si/c1-15(5-3-2-4-6-15)7-8-9(13)12-10(14)11-8/h8H,2-7H2,1H3,(H2,11,12,13,14)/t8-/m0/s1. The highest BCUT2D eigenvalue weighted by Crippen LogP contribution is 2.32. The average molecular weight is 226 g/mol. The molecule has 2 rings (SSSR count). The van der Waals surface area contributed by atoms with Crippen molar-refractivity contribution in [2.45, 2.75) is 50.0 Å². The summed E-state index contributed by atoms with van der Waals surface area (Å²) in [6.45, 7) is 2.36. The molecule has 0 saturated carbocycles. The first-order valence-corrected chi connectivity index (χ1v) is 8.83. The van der Waals surface area contributed by atoms with Gasteiger partial charge in [-0.2, -0.15) is 0 Å². The Morgan fingerprint density at radius 2 is 1.93 bits per heavy atom. The highest BCUT2D eigenvalue weighted by atomic mass is 28.3. The van der Waals surface area contributed by atoms with Gasteiger partial charge in [-0.1, -0.05) is 37.9 Å². The fraction of sp³-hybridized carbons (Fsp3) is 0.800. The summed E-state index contributed by atoms with van der Waals surface area (Å²) in [6, 6.07) is 2.98. The van der Waals surface area contributed by atoms with Crippen molar-refractivity contribution in [1.29, 1.82) is 0 Å². The van der Waals surface area contributed by atoms with Crippen LogP contribution in [-0.4, -0.2) is 26.1 Å². The van der Waals surface area contributed by atoms with Gasteiger partial charge in [0.1, 0.15) is 6.04 Å². The van der Waals surface area contributed by atoms with Crippen LogP contribution >= 0.6 is 0 Å². The van der Waals surface area contributed by atoms with Gasteiger partial charge in [0.05, 0.1) is 8.07 Å². The molecule has 84 valence electrons. The highest BCUT2D eigenvalue weighted by Gasteiger charge is 2.38. The molecule has 0 aromatic rings. The van der Waals surface area contributed by atoms with Gasteiger partial charge in [-0.3, -0.25) is 10.1 Å². The van der Waals surface area contributed by atoms with E-state index in [0.29, 0.717) is 0 Å². The quantitative estimate of drug-likeness (QED) is 0.553. The molecular weight excluding hydrogens is 208 g/mol. The summed E-state index contributed by atoms with van der Waals surface area (Å²) in [5, 5.41) is 5.02. The number of nitrogens with one attached hydrogen (secondary N) is 2. The Morgan fingerprint density at radius 1 is 1.27 bits per heavy atom. The number of hydrogen-bond acceptors (Lipinski definition) is 2. The zero-order valence-corrected chi connectivity index (χ0v) is 10.1. The molecule has 0 aromatic heterocycles. The molecule has 15 heavy (non-hydrogen) atoms. The molecule has 4 nitrogen and oxygen atoms in total. The third-order valence-electron chi connectivity index (χ3n) is 3.62. The van der Waals surface area contributed by atoms with E-state index in [1.807, 2.05) is 0 Å². The number of imide groups is 1. The third kappa shape index (κ3) is 2.39. The number of rotatable bonds is 2. The lowest BCUT2D eigenvalue weighted by atomic mass is 10.3. The van der Waals surface area contributed by atoms with E-state index in [0.717, 1.165) is 6.04 Å². The lowest BCUT2D eigenvalue weighted by Crippen LogP contribution is -2.42. The van der Waals surface area contributed by atoms with E-state index in [1.165, 1.54) is 31.4 Å². The van der Waals surface area contributed by atoms with Crippen LogP contribution in [0.4, 0.5) is 4.79 Å². The van der Waals surface area contributed by atoms with Gasteiger partial charge in [-0.15, -0.1) is 0 Å². The van der Waals surface area contributed by atoms with Gasteiger partial charge in [-0.05, 0) is 6.04 Å². The third-order valence-corrected chi connectivity index (χ3v) is 8.13. The van der Waals surface area contributed by atoms with Gasteiger partial charge < -0.3 is 5.32 Å². The molecule has 2 fully saturated rings. The minimum atomic E-state index is -1.25. The van der Waals surface area contributed by atoms with Crippen LogP contribution < -0.4 is 10.6 Å². The van der Waals surface area contributed by atoms with Crippen molar-refractivity contribution in [1.82, 2.24) is 10.6 Å². The van der Waals surface area contributed by atoms with Crippen LogP contribution in [0.3, 0.4) is 0 Å². The van der Waals surface area contributed by atoms with Crippen LogP contribution in [0.2, 0.25) is 24.7 Å². The zero-order valence-electron chi connectivity index (χ0n) is 9.14. The predicted molar refractivity (Wildman–Crippen MR) is 60.4 cm³/mol. The van der Waals surface area contributed by atoms with Crippen molar-refractivity contribution in [2.24, 2.45) is 0 Å². The van der Waals surface area contributed by atoms with Crippen LogP contribution in [0.15, 0.2) is 0 Å². The molecule has 3 amide bonds. The van der Waals surface area contributed by atoms with Crippen molar-refractivity contribution < 1.29 is 9.59 Å². The van der Waals surface area contributed by atoms with E-state index in [1.54, 1.807) is 0 Å². The Balaban J connectivity index is 1.95. The van der Waals surface area contributed by atoms with Gasteiger partial charge in [0, 0.05) is 0 Å². The van der Waals surface area contributed by atoms with Gasteiger partial charge in [-0.25, -0.2) is 4.79 Å². The molecule has 1 atom stereocenters. The molecule has 2 aliphatic heterocycles. The van der Waals surface area contributed by atoms with Gasteiger partial charge in [0.25, 0.3) is 0 Å². The molecule has 0 aromatic carbocycles. The topological polar surface area (TPSA) is 58.2 Å². The summed E-state index contributed by atoms with van der Waals surface area (Å²) in [6.07, 6.45) is 3.96. The van der Waals surface area contributed by atoms with E-state index in [-0.39, 0.29) is 18.0 Å². The van der Waals surface area contributed by atoms with E-state index in [2.05, 4.69) is 17.2 Å². The Bertz CT molecular complexity index is 287. The van der Waals surface area contributed by atoms with Crippen molar-refractivity contribution in [3.05, 3.63) is 0 Å². The maximum Gasteiger partial charge on any atom is 0.322 e. The summed E-state index contributed by atoms with van der Waals surface area (Å²) in [4.78, 5) is 22.4. The molecule has 0 bridgehead atoms. The monoisotopic (exact) mass is 226 g/mol. The largest absolute Gasteiger partial charge is 0.326 e. The second kappa shape index (κ2) is 3.96. The number of carbonyl (C=O) groups excluding carboxylic acids is 2. The molecule has 0 aliphatic carbocycles. The van der Waals surface area contributed by atoms with E-state index in [9.17, 15) is 9.59 Å². The number of amides is 3. The summed E-state index contributed by atoms with van der Waals surface area (Å²) in [5.41, 5.74) is 0. The second-order valence-corrected chi connectivity index (χ2v) is 10.1. The van der Waals surface area contributed by atoms with E-state index in [4.69, 9.17) is 0 Å². The molecule has 2 N–H and O–H groups in total. The van der Waals surface area contributed by atoms with Crippen molar-refractivity contribution in [3.63, 3.8) is 0 Å². The summed E-state index contributed by atoms with van der Waals surface area (Å²) >= 11 is 0. The van der Waals surface area contributed by atoms with Crippen LogP contribution in [0.5, 0.6) is 0 Å². The first-order valence-electron chi connectivity index (χ1n) is 5.70. The Kier molecular flexibility index (Phi) is 2.82. The van der Waals surface area contributed by atoms with Crippen molar-refractivity contribution >= 4 is 20.0 Å². The first kappa shape index (κ1) is 10.7. The van der Waals surface area contributed by atoms with Gasteiger partial charge >= 0.3 is 6.03 Å². The second-order valence-electron chi connectivity index (χ2n) is 5.09. The predicted octanol–water partition coefficient (Wildman–Crippen LogP) is 1.46. The lowest BCUT2D eigenvalue weighted by molar-refractivity contribution is -0.119. The average Bonchev–Trinajstić information content (AvgIpc) is 2.45. The van der Waals surface area contributed by atoms with Crippen molar-refractivity contribution in [2.75, 3.05) is 0 Å². The zero-order chi connectivity index (χ0) is 10.9. The SMILES string of the molecule is C[Si]1(C[C@@H]2NC(=O)NC2=O)CCCCC1. The van der Waals surface area contributed by atoms with E-state index >= 15 is 0 Å². The summed E-state index contributed by atoms with van der Waals surface area (Å²) < 4.78 is 0. The summed E-state index contributed by atoms with van der Waals surface area (Å²) in [5.74, 6) is -0.126. The molecule has 0 unspecified atom stereocenters. The first-order chi connectivity index (χ1) is 7.09. The smallest absolute Gasteiger partial charge is 0.322 e. The van der Waals surface area contributed by atoms with Crippen LogP contribution in [0, 0.1) is 0 Å². The maximum absolute atomic E-state index is 11.4. The molecule has 0 radical (unpaired) electrons. The molecule has 5 heteroatoms. The minimum absolute atomic E-state index is 0.126. The Morgan fingerprint density at radius 3 is 2.47 bits per heavy atom. The van der Waals surface area contributed by atoms with E-state index < -0.39 is 8.07 Å². The maximum atomic E-state index is 11.4. The van der Waals surface area contributed by atoms with Crippen LogP contribution in [-0.2, 0) is 4.79 Å². The number of carbonyl (C=O) groups is 2. The molecule has 2 aliphatic rings. The van der Waals surface area contributed by atoms with Crippen LogP contribution in [0.25, 0.3) is 0 Å². The van der Waals surface area contributed by atoms with Crippen LogP contribution in [0.1, 0.15) is 19.3 Å².